The molecule has 1 aliphatic rings. The number of nitrogens with one attached hydrogen (secondary N) is 1. The van der Waals surface area contributed by atoms with Crippen LogP contribution in [-0.2, 0) is 0 Å². The summed E-state index contributed by atoms with van der Waals surface area (Å²) in [6.45, 7) is 3.08. The Morgan fingerprint density at radius 2 is 1.50 bits per heavy atom. The molecule has 1 saturated heterocycles. The van der Waals surface area contributed by atoms with Crippen LogP contribution in [-0.4, -0.2) is 47.0 Å². The van der Waals surface area contributed by atoms with Crippen LogP contribution in [0.25, 0.3) is 10.9 Å². The summed E-state index contributed by atoms with van der Waals surface area (Å²) in [7, 11) is 0. The number of fused-ring (bicyclic) bond motifs is 1. The Balaban J connectivity index is 1.26. The Morgan fingerprint density at radius 3 is 2.25 bits per heavy atom. The zero-order valence-corrected chi connectivity index (χ0v) is 18.2. The van der Waals surface area contributed by atoms with Gasteiger partial charge >= 0.3 is 0 Å². The number of aromatic nitrogens is 2. The maximum absolute atomic E-state index is 13.0. The molecule has 0 radical (unpaired) electrons. The van der Waals surface area contributed by atoms with E-state index in [0.717, 1.165) is 29.7 Å². The van der Waals surface area contributed by atoms with Gasteiger partial charge in [-0.15, -0.1) is 0 Å². The third kappa shape index (κ3) is 4.22. The molecule has 1 fully saturated rings. The number of benzene rings is 3. The summed E-state index contributed by atoms with van der Waals surface area (Å²) < 4.78 is 0. The predicted molar refractivity (Wildman–Crippen MR) is 129 cm³/mol. The lowest BCUT2D eigenvalue weighted by molar-refractivity contribution is 0.0747. The van der Waals surface area contributed by atoms with Crippen molar-refractivity contribution in [2.75, 3.05) is 36.4 Å². The molecule has 1 amide bonds. The average molecular weight is 444 g/mol. The number of hydrogen-bond acceptors (Lipinski definition) is 5. The van der Waals surface area contributed by atoms with Gasteiger partial charge in [-0.25, -0.2) is 4.98 Å². The van der Waals surface area contributed by atoms with Gasteiger partial charge in [-0.1, -0.05) is 30.3 Å². The van der Waals surface area contributed by atoms with E-state index >= 15 is 0 Å². The molecule has 0 aliphatic carbocycles. The lowest BCUT2D eigenvalue weighted by Crippen LogP contribution is -2.48. The summed E-state index contributed by atoms with van der Waals surface area (Å²) in [5.41, 5.74) is 3.48. The van der Waals surface area contributed by atoms with Gasteiger partial charge in [-0.05, 0) is 60.1 Å². The Hall–Kier alpha value is -3.64. The van der Waals surface area contributed by atoms with Crippen LogP contribution < -0.4 is 10.2 Å². The minimum atomic E-state index is 0.0554. The number of rotatable bonds is 4. The summed E-state index contributed by atoms with van der Waals surface area (Å²) in [4.78, 5) is 25.8. The van der Waals surface area contributed by atoms with Gasteiger partial charge in [-0.3, -0.25) is 4.79 Å². The minimum absolute atomic E-state index is 0.0554. The molecule has 3 aromatic carbocycles. The van der Waals surface area contributed by atoms with E-state index < -0.39 is 0 Å². The molecule has 160 valence electrons. The molecule has 1 aliphatic heterocycles. The molecule has 0 bridgehead atoms. The number of piperazine rings is 1. The largest absolute Gasteiger partial charge is 0.368 e. The first-order valence-corrected chi connectivity index (χ1v) is 10.9. The monoisotopic (exact) mass is 443 g/mol. The second-order valence-electron chi connectivity index (χ2n) is 7.68. The lowest BCUT2D eigenvalue weighted by atomic mass is 10.1. The van der Waals surface area contributed by atoms with Crippen LogP contribution in [0.4, 0.5) is 17.2 Å². The second kappa shape index (κ2) is 8.85. The molecule has 0 unspecified atom stereocenters. The van der Waals surface area contributed by atoms with Crippen LogP contribution in [0, 0.1) is 0 Å². The maximum atomic E-state index is 13.0. The molecule has 0 spiro atoms. The van der Waals surface area contributed by atoms with Crippen LogP contribution in [0.3, 0.4) is 0 Å². The molecule has 0 atom stereocenters. The van der Waals surface area contributed by atoms with Gasteiger partial charge in [0.15, 0.2) is 0 Å². The van der Waals surface area contributed by atoms with Gasteiger partial charge < -0.3 is 15.1 Å². The summed E-state index contributed by atoms with van der Waals surface area (Å²) in [6, 6.07) is 25.5. The average Bonchev–Trinajstić information content (AvgIpc) is 2.85. The van der Waals surface area contributed by atoms with Crippen molar-refractivity contribution >= 4 is 45.6 Å². The van der Waals surface area contributed by atoms with Crippen molar-refractivity contribution in [3.63, 3.8) is 0 Å². The molecule has 6 nitrogen and oxygen atoms in total. The molecular formula is C25H22ClN5O. The van der Waals surface area contributed by atoms with Gasteiger partial charge in [-0.2, -0.15) is 4.98 Å². The molecule has 0 saturated carbocycles. The van der Waals surface area contributed by atoms with Crippen molar-refractivity contribution in [1.82, 2.24) is 14.9 Å². The number of amides is 1. The SMILES string of the molecule is O=C(c1ccc(Nc2nc(Cl)nc3ccccc23)cc1)N1CCN(c2ccccc2)CC1. The van der Waals surface area contributed by atoms with Crippen molar-refractivity contribution < 1.29 is 4.79 Å². The highest BCUT2D eigenvalue weighted by molar-refractivity contribution is 6.28. The standard InChI is InChI=1S/C25H22ClN5O/c26-25-28-22-9-5-4-8-21(22)23(29-25)27-19-12-10-18(11-13-19)24(32)31-16-14-30(15-17-31)20-6-2-1-3-7-20/h1-13H,14-17H2,(H,27,28,29). The summed E-state index contributed by atoms with van der Waals surface area (Å²) in [5, 5.41) is 4.36. The van der Waals surface area contributed by atoms with Crippen LogP contribution in [0.15, 0.2) is 78.9 Å². The van der Waals surface area contributed by atoms with E-state index in [0.29, 0.717) is 24.5 Å². The fraction of sp³-hybridized carbons (Fsp3) is 0.160. The number of anilines is 3. The van der Waals surface area contributed by atoms with E-state index in [2.05, 4.69) is 32.3 Å². The molecule has 7 heteroatoms. The van der Waals surface area contributed by atoms with Crippen LogP contribution >= 0.6 is 11.6 Å². The minimum Gasteiger partial charge on any atom is -0.368 e. The topological polar surface area (TPSA) is 61.4 Å². The molecule has 1 N–H and O–H groups in total. The maximum Gasteiger partial charge on any atom is 0.253 e. The van der Waals surface area contributed by atoms with Crippen molar-refractivity contribution in [2.24, 2.45) is 0 Å². The molecule has 1 aromatic heterocycles. The number of carbonyl (C=O) groups is 1. The highest BCUT2D eigenvalue weighted by atomic mass is 35.5. The Labute approximate surface area is 191 Å². The lowest BCUT2D eigenvalue weighted by Gasteiger charge is -2.36. The summed E-state index contributed by atoms with van der Waals surface area (Å²) >= 11 is 6.08. The van der Waals surface area contributed by atoms with Crippen molar-refractivity contribution in [1.29, 1.82) is 0 Å². The Morgan fingerprint density at radius 1 is 0.812 bits per heavy atom. The molecule has 4 aromatic rings. The highest BCUT2D eigenvalue weighted by Crippen LogP contribution is 2.25. The van der Waals surface area contributed by atoms with E-state index in [1.807, 2.05) is 71.6 Å². The van der Waals surface area contributed by atoms with Crippen LogP contribution in [0.1, 0.15) is 10.4 Å². The third-order valence-electron chi connectivity index (χ3n) is 5.66. The number of nitrogens with zero attached hydrogens (tertiary/aromatic N) is 4. The van der Waals surface area contributed by atoms with E-state index in [1.54, 1.807) is 0 Å². The molecular weight excluding hydrogens is 422 g/mol. The van der Waals surface area contributed by atoms with Crippen molar-refractivity contribution in [3.8, 4) is 0 Å². The van der Waals surface area contributed by atoms with E-state index in [-0.39, 0.29) is 11.2 Å². The van der Waals surface area contributed by atoms with Crippen molar-refractivity contribution in [3.05, 3.63) is 89.7 Å². The summed E-state index contributed by atoms with van der Waals surface area (Å²) in [6.07, 6.45) is 0. The van der Waals surface area contributed by atoms with E-state index in [9.17, 15) is 4.79 Å². The normalized spacial score (nSPS) is 13.9. The first-order chi connectivity index (χ1) is 15.7. The first-order valence-electron chi connectivity index (χ1n) is 10.6. The van der Waals surface area contributed by atoms with Crippen LogP contribution in [0.2, 0.25) is 5.28 Å². The number of para-hydroxylation sites is 2. The van der Waals surface area contributed by atoms with E-state index in [1.165, 1.54) is 5.69 Å². The van der Waals surface area contributed by atoms with E-state index in [4.69, 9.17) is 11.6 Å². The number of hydrogen-bond donors (Lipinski definition) is 1. The predicted octanol–water partition coefficient (Wildman–Crippen LogP) is 4.99. The van der Waals surface area contributed by atoms with Gasteiger partial charge in [0.1, 0.15) is 5.82 Å². The van der Waals surface area contributed by atoms with Gasteiger partial charge in [0.25, 0.3) is 5.91 Å². The van der Waals surface area contributed by atoms with Crippen molar-refractivity contribution in [2.45, 2.75) is 0 Å². The summed E-state index contributed by atoms with van der Waals surface area (Å²) in [5.74, 6) is 0.691. The molecule has 32 heavy (non-hydrogen) atoms. The fourth-order valence-electron chi connectivity index (χ4n) is 3.97. The fourth-order valence-corrected chi connectivity index (χ4v) is 4.14. The molecule has 5 rings (SSSR count). The first kappa shape index (κ1) is 20.3. The highest BCUT2D eigenvalue weighted by Gasteiger charge is 2.22. The smallest absolute Gasteiger partial charge is 0.253 e. The number of carbonyl (C=O) groups excluding carboxylic acids is 1. The zero-order chi connectivity index (χ0) is 21.9. The second-order valence-corrected chi connectivity index (χ2v) is 8.01. The van der Waals surface area contributed by atoms with Gasteiger partial charge in [0.05, 0.1) is 5.52 Å². The molecule has 2 heterocycles. The third-order valence-corrected chi connectivity index (χ3v) is 5.83. The quantitative estimate of drug-likeness (QED) is 0.450. The Bertz CT molecular complexity index is 1240. The van der Waals surface area contributed by atoms with Gasteiger partial charge in [0, 0.05) is 48.5 Å². The Kier molecular flexibility index (Phi) is 5.60. The zero-order valence-electron chi connectivity index (χ0n) is 17.4. The van der Waals surface area contributed by atoms with Crippen LogP contribution in [0.5, 0.6) is 0 Å². The van der Waals surface area contributed by atoms with Gasteiger partial charge in [0.2, 0.25) is 5.28 Å². The number of halogens is 1.